The molecular formula is C21H26N6O4S. The lowest BCUT2D eigenvalue weighted by atomic mass is 10.1. The Morgan fingerprint density at radius 2 is 1.94 bits per heavy atom. The molecule has 2 aliphatic rings. The molecule has 10 nitrogen and oxygen atoms in total. The van der Waals surface area contributed by atoms with E-state index in [-0.39, 0.29) is 30.0 Å². The second-order valence-corrected chi connectivity index (χ2v) is 8.61. The fourth-order valence-corrected chi connectivity index (χ4v) is 4.72. The summed E-state index contributed by atoms with van der Waals surface area (Å²) < 4.78 is 7.40. The summed E-state index contributed by atoms with van der Waals surface area (Å²) in [5.74, 6) is 1.39. The molecule has 0 bridgehead atoms. The lowest BCUT2D eigenvalue weighted by Crippen LogP contribution is -2.53. The predicted octanol–water partition coefficient (Wildman–Crippen LogP) is 1.52. The molecule has 2 N–H and O–H groups in total. The number of thioether (sulfide) groups is 1. The van der Waals surface area contributed by atoms with E-state index in [2.05, 4.69) is 20.8 Å². The first kappa shape index (κ1) is 22.1. The van der Waals surface area contributed by atoms with Crippen molar-refractivity contribution in [3.8, 4) is 11.4 Å². The highest BCUT2D eigenvalue weighted by Crippen LogP contribution is 2.25. The van der Waals surface area contributed by atoms with Gasteiger partial charge in [0.15, 0.2) is 5.16 Å². The summed E-state index contributed by atoms with van der Waals surface area (Å²) in [7, 11) is 0. The van der Waals surface area contributed by atoms with Crippen LogP contribution in [-0.2, 0) is 16.0 Å². The summed E-state index contributed by atoms with van der Waals surface area (Å²) in [5.41, 5.74) is 0.816. The first-order valence-electron chi connectivity index (χ1n) is 10.7. The standard InChI is InChI=1S/C21H26N6O4S/c1-2-31-16-7-5-15(6-8-16)27-17(11-14-12-18(28)23-20(30)22-14)24-25-21(27)32-13-19(29)26-9-3-4-10-26/h5-8,14H,2-4,9-13H2,1H3,(H2,22,23,28,30). The second-order valence-electron chi connectivity index (χ2n) is 7.66. The summed E-state index contributed by atoms with van der Waals surface area (Å²) in [4.78, 5) is 37.8. The average molecular weight is 459 g/mol. The van der Waals surface area contributed by atoms with Crippen LogP contribution < -0.4 is 15.4 Å². The fraction of sp³-hybridized carbons (Fsp3) is 0.476. The molecule has 2 aromatic rings. The maximum atomic E-state index is 12.5. The number of carbonyl (C=O) groups is 3. The number of rotatable bonds is 8. The molecule has 32 heavy (non-hydrogen) atoms. The molecule has 0 saturated carbocycles. The molecule has 4 amide bonds. The zero-order chi connectivity index (χ0) is 22.5. The van der Waals surface area contributed by atoms with E-state index in [9.17, 15) is 14.4 Å². The number of ether oxygens (including phenoxy) is 1. The van der Waals surface area contributed by atoms with Crippen molar-refractivity contribution in [2.24, 2.45) is 0 Å². The maximum Gasteiger partial charge on any atom is 0.321 e. The van der Waals surface area contributed by atoms with Gasteiger partial charge in [-0.1, -0.05) is 11.8 Å². The van der Waals surface area contributed by atoms with Gasteiger partial charge in [-0.3, -0.25) is 19.5 Å². The Morgan fingerprint density at radius 3 is 2.62 bits per heavy atom. The van der Waals surface area contributed by atoms with Crippen LogP contribution in [0.4, 0.5) is 4.79 Å². The summed E-state index contributed by atoms with van der Waals surface area (Å²) in [6.45, 7) is 4.10. The molecule has 0 aliphatic carbocycles. The third kappa shape index (κ3) is 5.21. The van der Waals surface area contributed by atoms with Gasteiger partial charge in [-0.05, 0) is 44.0 Å². The normalized spacial score (nSPS) is 18.4. The van der Waals surface area contributed by atoms with E-state index >= 15 is 0 Å². The van der Waals surface area contributed by atoms with Crippen LogP contribution in [0, 0.1) is 0 Å². The highest BCUT2D eigenvalue weighted by Gasteiger charge is 2.27. The molecule has 1 aromatic carbocycles. The molecule has 2 aliphatic heterocycles. The average Bonchev–Trinajstić information content (AvgIpc) is 3.43. The predicted molar refractivity (Wildman–Crippen MR) is 118 cm³/mol. The van der Waals surface area contributed by atoms with Crippen molar-refractivity contribution in [3.05, 3.63) is 30.1 Å². The van der Waals surface area contributed by atoms with Gasteiger partial charge >= 0.3 is 6.03 Å². The Bertz CT molecular complexity index is 971. The van der Waals surface area contributed by atoms with Crippen molar-refractivity contribution in [2.75, 3.05) is 25.4 Å². The van der Waals surface area contributed by atoms with Gasteiger partial charge in [0.1, 0.15) is 11.6 Å². The van der Waals surface area contributed by atoms with Gasteiger partial charge in [-0.15, -0.1) is 10.2 Å². The first-order chi connectivity index (χ1) is 15.5. The number of aromatic nitrogens is 3. The molecule has 0 radical (unpaired) electrons. The van der Waals surface area contributed by atoms with Crippen LogP contribution in [0.2, 0.25) is 0 Å². The van der Waals surface area contributed by atoms with Crippen LogP contribution in [0.3, 0.4) is 0 Å². The highest BCUT2D eigenvalue weighted by molar-refractivity contribution is 7.99. The van der Waals surface area contributed by atoms with E-state index in [0.29, 0.717) is 24.0 Å². The van der Waals surface area contributed by atoms with Crippen molar-refractivity contribution >= 4 is 29.6 Å². The van der Waals surface area contributed by atoms with Gasteiger partial charge in [0.2, 0.25) is 11.8 Å². The van der Waals surface area contributed by atoms with E-state index in [4.69, 9.17) is 4.74 Å². The first-order valence-corrected chi connectivity index (χ1v) is 11.7. The number of imide groups is 1. The smallest absolute Gasteiger partial charge is 0.321 e. The molecular weight excluding hydrogens is 432 g/mol. The third-order valence-corrected chi connectivity index (χ3v) is 6.25. The number of carbonyl (C=O) groups excluding carboxylic acids is 3. The Labute approximate surface area is 190 Å². The lowest BCUT2D eigenvalue weighted by Gasteiger charge is -2.23. The van der Waals surface area contributed by atoms with Crippen molar-refractivity contribution in [3.63, 3.8) is 0 Å². The molecule has 0 spiro atoms. The van der Waals surface area contributed by atoms with Gasteiger partial charge < -0.3 is 15.0 Å². The molecule has 1 atom stereocenters. The van der Waals surface area contributed by atoms with Crippen LogP contribution in [0.25, 0.3) is 5.69 Å². The number of likely N-dealkylation sites (tertiary alicyclic amines) is 1. The van der Waals surface area contributed by atoms with Gasteiger partial charge in [0.05, 0.1) is 12.4 Å². The number of hydrogen-bond acceptors (Lipinski definition) is 7. The van der Waals surface area contributed by atoms with Crippen molar-refractivity contribution in [1.82, 2.24) is 30.3 Å². The van der Waals surface area contributed by atoms with Crippen LogP contribution in [0.1, 0.15) is 32.0 Å². The summed E-state index contributed by atoms with van der Waals surface area (Å²) in [6.07, 6.45) is 2.59. The van der Waals surface area contributed by atoms with E-state index in [0.717, 1.165) is 37.4 Å². The molecule has 1 aromatic heterocycles. The number of urea groups is 1. The summed E-state index contributed by atoms with van der Waals surface area (Å²) in [6, 6.07) is 6.63. The maximum absolute atomic E-state index is 12.5. The molecule has 4 rings (SSSR count). The largest absolute Gasteiger partial charge is 0.494 e. The second kappa shape index (κ2) is 10.0. The van der Waals surface area contributed by atoms with E-state index in [1.807, 2.05) is 40.7 Å². The quantitative estimate of drug-likeness (QED) is 0.576. The SMILES string of the molecule is CCOc1ccc(-n2c(CC3CC(=O)NC(=O)N3)nnc2SCC(=O)N2CCCC2)cc1. The molecule has 11 heteroatoms. The Kier molecular flexibility index (Phi) is 6.93. The van der Waals surface area contributed by atoms with E-state index in [1.165, 1.54) is 11.8 Å². The topological polar surface area (TPSA) is 118 Å². The molecule has 2 saturated heterocycles. The minimum atomic E-state index is -0.510. The minimum Gasteiger partial charge on any atom is -0.494 e. The van der Waals surface area contributed by atoms with Gasteiger partial charge in [0, 0.05) is 37.7 Å². The number of nitrogens with zero attached hydrogens (tertiary/aromatic N) is 4. The van der Waals surface area contributed by atoms with Gasteiger partial charge in [-0.2, -0.15) is 0 Å². The highest BCUT2D eigenvalue weighted by atomic mass is 32.2. The van der Waals surface area contributed by atoms with Crippen LogP contribution in [-0.4, -0.2) is 69.0 Å². The van der Waals surface area contributed by atoms with E-state index in [1.54, 1.807) is 0 Å². The number of amides is 4. The lowest BCUT2D eigenvalue weighted by molar-refractivity contribution is -0.127. The van der Waals surface area contributed by atoms with Crippen LogP contribution in [0.15, 0.2) is 29.4 Å². The third-order valence-electron chi connectivity index (χ3n) is 5.34. The number of hydrogen-bond donors (Lipinski definition) is 2. The zero-order valence-electron chi connectivity index (χ0n) is 17.9. The van der Waals surface area contributed by atoms with Crippen LogP contribution >= 0.6 is 11.8 Å². The zero-order valence-corrected chi connectivity index (χ0v) is 18.7. The summed E-state index contributed by atoms with van der Waals surface area (Å²) in [5, 5.41) is 14.2. The van der Waals surface area contributed by atoms with E-state index < -0.39 is 6.03 Å². The monoisotopic (exact) mass is 458 g/mol. The molecule has 2 fully saturated rings. The molecule has 1 unspecified atom stereocenters. The fourth-order valence-electron chi connectivity index (χ4n) is 3.85. The van der Waals surface area contributed by atoms with Gasteiger partial charge in [-0.25, -0.2) is 4.79 Å². The molecule has 170 valence electrons. The Hall–Kier alpha value is -3.08. The number of nitrogens with one attached hydrogen (secondary N) is 2. The van der Waals surface area contributed by atoms with Crippen LogP contribution in [0.5, 0.6) is 5.75 Å². The Morgan fingerprint density at radius 1 is 1.19 bits per heavy atom. The van der Waals surface area contributed by atoms with Crippen molar-refractivity contribution in [2.45, 2.75) is 43.8 Å². The summed E-state index contributed by atoms with van der Waals surface area (Å²) >= 11 is 1.34. The Balaban J connectivity index is 1.57. The minimum absolute atomic E-state index is 0.0894. The number of benzene rings is 1. The van der Waals surface area contributed by atoms with Gasteiger partial charge in [0.25, 0.3) is 0 Å². The van der Waals surface area contributed by atoms with Crippen molar-refractivity contribution in [1.29, 1.82) is 0 Å². The van der Waals surface area contributed by atoms with Crippen molar-refractivity contribution < 1.29 is 19.1 Å². The molecule has 3 heterocycles.